The van der Waals surface area contributed by atoms with Crippen LogP contribution in [0.25, 0.3) is 11.4 Å². The summed E-state index contributed by atoms with van der Waals surface area (Å²) >= 11 is 0. The second kappa shape index (κ2) is 7.92. The van der Waals surface area contributed by atoms with Crippen molar-refractivity contribution in [2.45, 2.75) is 32.6 Å². The third-order valence-electron chi connectivity index (χ3n) is 2.87. The van der Waals surface area contributed by atoms with Gasteiger partial charge in [0.1, 0.15) is 0 Å². The molecule has 2 rings (SSSR count). The summed E-state index contributed by atoms with van der Waals surface area (Å²) in [5.41, 5.74) is 7.67. The third kappa shape index (κ3) is 4.65. The van der Waals surface area contributed by atoms with E-state index in [2.05, 4.69) is 17.1 Å². The summed E-state index contributed by atoms with van der Waals surface area (Å²) in [4.78, 5) is 4.40. The van der Waals surface area contributed by atoms with Crippen molar-refractivity contribution in [3.63, 3.8) is 0 Å². The van der Waals surface area contributed by atoms with Crippen LogP contribution in [-0.4, -0.2) is 16.7 Å². The zero-order valence-corrected chi connectivity index (χ0v) is 11.9. The van der Waals surface area contributed by atoms with Gasteiger partial charge in [-0.1, -0.05) is 41.4 Å². The lowest BCUT2D eigenvalue weighted by molar-refractivity contribution is 0.374. The second-order valence-electron chi connectivity index (χ2n) is 4.48. The molecule has 104 valence electrons. The molecule has 19 heavy (non-hydrogen) atoms. The van der Waals surface area contributed by atoms with E-state index in [4.69, 9.17) is 10.3 Å². The van der Waals surface area contributed by atoms with Crippen molar-refractivity contribution in [3.05, 3.63) is 35.7 Å². The molecule has 2 N–H and O–H groups in total. The molecule has 0 atom stereocenters. The molecule has 0 bridgehead atoms. The second-order valence-corrected chi connectivity index (χ2v) is 4.48. The quantitative estimate of drug-likeness (QED) is 0.826. The molecule has 0 aliphatic rings. The number of nitrogens with zero attached hydrogens (tertiary/aromatic N) is 2. The maximum absolute atomic E-state index is 5.45. The van der Waals surface area contributed by atoms with Crippen LogP contribution in [0.3, 0.4) is 0 Å². The van der Waals surface area contributed by atoms with E-state index >= 15 is 0 Å². The van der Waals surface area contributed by atoms with Crippen molar-refractivity contribution in [2.24, 2.45) is 5.73 Å². The van der Waals surface area contributed by atoms with E-state index in [1.165, 1.54) is 5.56 Å². The lowest BCUT2D eigenvalue weighted by atomic mass is 10.1. The molecule has 0 aliphatic heterocycles. The fourth-order valence-corrected chi connectivity index (χ4v) is 1.77. The van der Waals surface area contributed by atoms with Crippen LogP contribution >= 0.6 is 12.4 Å². The number of halogens is 1. The first-order chi connectivity index (χ1) is 8.79. The summed E-state index contributed by atoms with van der Waals surface area (Å²) in [6.45, 7) is 2.81. The van der Waals surface area contributed by atoms with Crippen LogP contribution in [0.15, 0.2) is 28.8 Å². The van der Waals surface area contributed by atoms with E-state index in [0.29, 0.717) is 11.7 Å². The molecular weight excluding hydrogens is 262 g/mol. The molecule has 1 aromatic carbocycles. The average Bonchev–Trinajstić information content (AvgIpc) is 2.84. The predicted molar refractivity (Wildman–Crippen MR) is 78.3 cm³/mol. The van der Waals surface area contributed by atoms with Crippen LogP contribution < -0.4 is 5.73 Å². The number of aromatic nitrogens is 2. The number of hydrogen-bond donors (Lipinski definition) is 1. The van der Waals surface area contributed by atoms with Crippen LogP contribution in [0.1, 0.15) is 30.7 Å². The summed E-state index contributed by atoms with van der Waals surface area (Å²) in [7, 11) is 0. The minimum absolute atomic E-state index is 0. The van der Waals surface area contributed by atoms with Crippen LogP contribution in [0.2, 0.25) is 0 Å². The van der Waals surface area contributed by atoms with Gasteiger partial charge in [-0.25, -0.2) is 0 Å². The first-order valence-electron chi connectivity index (χ1n) is 6.39. The van der Waals surface area contributed by atoms with E-state index in [0.717, 1.165) is 37.8 Å². The Labute approximate surface area is 119 Å². The number of nitrogens with two attached hydrogens (primary N) is 1. The molecule has 0 spiro atoms. The molecular formula is C14H20ClN3O. The van der Waals surface area contributed by atoms with Crippen molar-refractivity contribution in [1.82, 2.24) is 10.1 Å². The topological polar surface area (TPSA) is 64.9 Å². The van der Waals surface area contributed by atoms with Crippen molar-refractivity contribution in [3.8, 4) is 11.4 Å². The van der Waals surface area contributed by atoms with Gasteiger partial charge in [-0.2, -0.15) is 4.98 Å². The zero-order valence-electron chi connectivity index (χ0n) is 11.1. The van der Waals surface area contributed by atoms with Crippen molar-refractivity contribution in [2.75, 3.05) is 6.54 Å². The Morgan fingerprint density at radius 3 is 2.53 bits per heavy atom. The Morgan fingerprint density at radius 2 is 1.84 bits per heavy atom. The summed E-state index contributed by atoms with van der Waals surface area (Å²) < 4.78 is 5.24. The summed E-state index contributed by atoms with van der Waals surface area (Å²) in [6.07, 6.45) is 4.04. The van der Waals surface area contributed by atoms with Crippen molar-refractivity contribution in [1.29, 1.82) is 0 Å². The van der Waals surface area contributed by atoms with Crippen LogP contribution in [0.4, 0.5) is 0 Å². The maximum Gasteiger partial charge on any atom is 0.226 e. The Hall–Kier alpha value is -1.39. The highest BCUT2D eigenvalue weighted by Gasteiger charge is 2.07. The molecule has 0 saturated heterocycles. The minimum atomic E-state index is 0. The fourth-order valence-electron chi connectivity index (χ4n) is 1.77. The van der Waals surface area contributed by atoms with Crippen molar-refractivity contribution >= 4 is 12.4 Å². The lowest BCUT2D eigenvalue weighted by Crippen LogP contribution is -1.98. The molecule has 0 amide bonds. The number of unbranched alkanes of at least 4 members (excludes halogenated alkanes) is 2. The van der Waals surface area contributed by atoms with Gasteiger partial charge in [0, 0.05) is 12.0 Å². The van der Waals surface area contributed by atoms with Gasteiger partial charge in [0.2, 0.25) is 11.7 Å². The predicted octanol–water partition coefficient (Wildman–Crippen LogP) is 3.14. The normalized spacial score (nSPS) is 10.2. The molecule has 0 fully saturated rings. The molecule has 4 nitrogen and oxygen atoms in total. The van der Waals surface area contributed by atoms with Gasteiger partial charge in [0.25, 0.3) is 0 Å². The number of rotatable bonds is 6. The van der Waals surface area contributed by atoms with Gasteiger partial charge in [0.05, 0.1) is 0 Å². The molecule has 0 radical (unpaired) electrons. The van der Waals surface area contributed by atoms with E-state index in [9.17, 15) is 0 Å². The standard InChI is InChI=1S/C14H19N3O.ClH/c1-11-6-8-12(9-7-11)14-16-13(18-17-14)5-3-2-4-10-15;/h6-9H,2-5,10,15H2,1H3;1H. The SMILES string of the molecule is Cc1ccc(-c2noc(CCCCCN)n2)cc1.Cl. The Bertz CT molecular complexity index is 482. The molecule has 0 saturated carbocycles. The molecule has 1 heterocycles. The van der Waals surface area contributed by atoms with Gasteiger partial charge in [0.15, 0.2) is 0 Å². The minimum Gasteiger partial charge on any atom is -0.339 e. The van der Waals surface area contributed by atoms with E-state index < -0.39 is 0 Å². The third-order valence-corrected chi connectivity index (χ3v) is 2.87. The Balaban J connectivity index is 0.00000180. The smallest absolute Gasteiger partial charge is 0.226 e. The molecule has 0 aliphatic carbocycles. The van der Waals surface area contributed by atoms with Crippen LogP contribution in [-0.2, 0) is 6.42 Å². The van der Waals surface area contributed by atoms with Crippen LogP contribution in [0.5, 0.6) is 0 Å². The monoisotopic (exact) mass is 281 g/mol. The number of benzene rings is 1. The van der Waals surface area contributed by atoms with Gasteiger partial charge in [-0.15, -0.1) is 12.4 Å². The van der Waals surface area contributed by atoms with E-state index in [1.807, 2.05) is 24.3 Å². The van der Waals surface area contributed by atoms with Crippen molar-refractivity contribution < 1.29 is 4.52 Å². The van der Waals surface area contributed by atoms with Crippen LogP contribution in [0, 0.1) is 6.92 Å². The highest BCUT2D eigenvalue weighted by molar-refractivity contribution is 5.85. The van der Waals surface area contributed by atoms with Gasteiger partial charge in [-0.05, 0) is 26.3 Å². The Kier molecular flexibility index (Phi) is 6.53. The molecule has 5 heteroatoms. The summed E-state index contributed by atoms with van der Waals surface area (Å²) in [6, 6.07) is 8.12. The molecule has 0 unspecified atom stereocenters. The number of hydrogen-bond acceptors (Lipinski definition) is 4. The van der Waals surface area contributed by atoms with E-state index in [-0.39, 0.29) is 12.4 Å². The van der Waals surface area contributed by atoms with E-state index in [1.54, 1.807) is 0 Å². The first-order valence-corrected chi connectivity index (χ1v) is 6.39. The number of aryl methyl sites for hydroxylation is 2. The summed E-state index contributed by atoms with van der Waals surface area (Å²) in [5, 5.41) is 4.00. The van der Waals surface area contributed by atoms with Gasteiger partial charge in [-0.3, -0.25) is 0 Å². The summed E-state index contributed by atoms with van der Waals surface area (Å²) in [5.74, 6) is 1.38. The average molecular weight is 282 g/mol. The zero-order chi connectivity index (χ0) is 12.8. The van der Waals surface area contributed by atoms with Gasteiger partial charge >= 0.3 is 0 Å². The first kappa shape index (κ1) is 15.7. The fraction of sp³-hybridized carbons (Fsp3) is 0.429. The Morgan fingerprint density at radius 1 is 1.11 bits per heavy atom. The highest BCUT2D eigenvalue weighted by atomic mass is 35.5. The maximum atomic E-state index is 5.45. The largest absolute Gasteiger partial charge is 0.339 e. The molecule has 2 aromatic rings. The highest BCUT2D eigenvalue weighted by Crippen LogP contribution is 2.17. The lowest BCUT2D eigenvalue weighted by Gasteiger charge is -1.95. The van der Waals surface area contributed by atoms with Gasteiger partial charge < -0.3 is 10.3 Å². The molecule has 1 aromatic heterocycles.